The summed E-state index contributed by atoms with van der Waals surface area (Å²) in [6.07, 6.45) is 1.65. The van der Waals surface area contributed by atoms with E-state index in [1.165, 1.54) is 4.68 Å². The van der Waals surface area contributed by atoms with Crippen molar-refractivity contribution in [1.82, 2.24) is 25.1 Å². The Labute approximate surface area is 123 Å². The van der Waals surface area contributed by atoms with Crippen LogP contribution in [0.1, 0.15) is 27.4 Å². The normalized spacial score (nSPS) is 10.6. The van der Waals surface area contributed by atoms with Gasteiger partial charge < -0.3 is 5.32 Å². The first-order valence-corrected chi connectivity index (χ1v) is 6.92. The van der Waals surface area contributed by atoms with Crippen LogP contribution in [-0.4, -0.2) is 38.0 Å². The number of nitrogens with zero attached hydrogens (tertiary/aromatic N) is 4. The van der Waals surface area contributed by atoms with Gasteiger partial charge in [0.2, 0.25) is 0 Å². The minimum Gasteiger partial charge on any atom is -0.351 e. The van der Waals surface area contributed by atoms with Gasteiger partial charge in [0.15, 0.2) is 0 Å². The van der Waals surface area contributed by atoms with Crippen molar-refractivity contribution in [2.45, 2.75) is 20.8 Å². The molecular formula is C13H17N5OS. The molecular weight excluding hydrogens is 274 g/mol. The summed E-state index contributed by atoms with van der Waals surface area (Å²) < 4.78 is 1.53. The highest BCUT2D eigenvalue weighted by Gasteiger charge is 2.14. The molecule has 2 aromatic heterocycles. The van der Waals surface area contributed by atoms with Gasteiger partial charge in [0.05, 0.1) is 11.3 Å². The second kappa shape index (κ2) is 6.04. The molecule has 106 valence electrons. The zero-order valence-electron chi connectivity index (χ0n) is 11.7. The molecule has 20 heavy (non-hydrogen) atoms. The molecule has 0 atom stereocenters. The Morgan fingerprint density at radius 1 is 1.30 bits per heavy atom. The number of amides is 1. The quantitative estimate of drug-likeness (QED) is 0.832. The maximum absolute atomic E-state index is 12.0. The highest BCUT2D eigenvalue weighted by atomic mass is 32.1. The minimum absolute atomic E-state index is 0.160. The Hall–Kier alpha value is -1.89. The van der Waals surface area contributed by atoms with Gasteiger partial charge in [0.1, 0.15) is 0 Å². The third kappa shape index (κ3) is 3.16. The van der Waals surface area contributed by atoms with Crippen LogP contribution in [0.3, 0.4) is 0 Å². The van der Waals surface area contributed by atoms with E-state index in [0.717, 1.165) is 11.4 Å². The average molecular weight is 291 g/mol. The molecule has 0 spiro atoms. The maximum atomic E-state index is 12.0. The Morgan fingerprint density at radius 2 is 1.95 bits per heavy atom. The lowest BCUT2D eigenvalue weighted by atomic mass is 10.2. The van der Waals surface area contributed by atoms with Crippen molar-refractivity contribution >= 4 is 18.5 Å². The third-order valence-electron chi connectivity index (χ3n) is 2.72. The summed E-state index contributed by atoms with van der Waals surface area (Å²) in [6.45, 7) is 6.10. The van der Waals surface area contributed by atoms with Gasteiger partial charge in [-0.1, -0.05) is 0 Å². The first-order chi connectivity index (χ1) is 9.51. The third-order valence-corrected chi connectivity index (χ3v) is 2.94. The summed E-state index contributed by atoms with van der Waals surface area (Å²) in [4.78, 5) is 20.6. The van der Waals surface area contributed by atoms with Crippen LogP contribution >= 0.6 is 12.6 Å². The number of hydrogen-bond acceptors (Lipinski definition) is 5. The number of aryl methyl sites for hydroxylation is 3. The van der Waals surface area contributed by atoms with Gasteiger partial charge in [-0.25, -0.2) is 14.6 Å². The summed E-state index contributed by atoms with van der Waals surface area (Å²) in [5.74, 6) is 0.907. The molecule has 0 bridgehead atoms. The molecule has 1 N–H and O–H groups in total. The van der Waals surface area contributed by atoms with Gasteiger partial charge in [0, 0.05) is 29.9 Å². The molecule has 0 unspecified atom stereocenters. The molecule has 0 aliphatic heterocycles. The van der Waals surface area contributed by atoms with Crippen molar-refractivity contribution in [3.8, 4) is 5.95 Å². The number of rotatable bonds is 4. The SMILES string of the molecule is Cc1cc(C)nc(-n2cc(C(=O)NCCS)c(C)n2)n1. The van der Waals surface area contributed by atoms with Crippen molar-refractivity contribution < 1.29 is 4.79 Å². The van der Waals surface area contributed by atoms with E-state index in [4.69, 9.17) is 0 Å². The van der Waals surface area contributed by atoms with Crippen molar-refractivity contribution in [3.63, 3.8) is 0 Å². The number of carbonyl (C=O) groups is 1. The van der Waals surface area contributed by atoms with Crippen molar-refractivity contribution in [2.24, 2.45) is 0 Å². The van der Waals surface area contributed by atoms with E-state index in [2.05, 4.69) is 33.0 Å². The first-order valence-electron chi connectivity index (χ1n) is 6.29. The lowest BCUT2D eigenvalue weighted by Crippen LogP contribution is -2.25. The number of aromatic nitrogens is 4. The number of hydrogen-bond donors (Lipinski definition) is 2. The molecule has 0 aliphatic carbocycles. The van der Waals surface area contributed by atoms with Crippen LogP contribution in [0, 0.1) is 20.8 Å². The van der Waals surface area contributed by atoms with E-state index in [-0.39, 0.29) is 5.91 Å². The molecule has 0 radical (unpaired) electrons. The predicted octanol–water partition coefficient (Wildman–Crippen LogP) is 1.25. The molecule has 0 aliphatic rings. The molecule has 2 aromatic rings. The van der Waals surface area contributed by atoms with E-state index in [9.17, 15) is 4.79 Å². The molecule has 2 rings (SSSR count). The smallest absolute Gasteiger partial charge is 0.254 e. The van der Waals surface area contributed by atoms with Crippen LogP contribution in [0.15, 0.2) is 12.3 Å². The highest BCUT2D eigenvalue weighted by molar-refractivity contribution is 7.80. The fourth-order valence-electron chi connectivity index (χ4n) is 1.86. The van der Waals surface area contributed by atoms with Crippen molar-refractivity contribution in [1.29, 1.82) is 0 Å². The van der Waals surface area contributed by atoms with Crippen LogP contribution in [0.2, 0.25) is 0 Å². The topological polar surface area (TPSA) is 72.7 Å². The summed E-state index contributed by atoms with van der Waals surface area (Å²) in [5.41, 5.74) is 2.89. The van der Waals surface area contributed by atoms with E-state index in [1.807, 2.05) is 19.9 Å². The van der Waals surface area contributed by atoms with Gasteiger partial charge in [-0.15, -0.1) is 0 Å². The number of nitrogens with one attached hydrogen (secondary N) is 1. The number of thiol groups is 1. The Morgan fingerprint density at radius 3 is 2.55 bits per heavy atom. The fourth-order valence-corrected chi connectivity index (χ4v) is 1.97. The predicted molar refractivity (Wildman–Crippen MR) is 79.6 cm³/mol. The van der Waals surface area contributed by atoms with E-state index in [0.29, 0.717) is 29.5 Å². The monoisotopic (exact) mass is 291 g/mol. The van der Waals surface area contributed by atoms with E-state index < -0.39 is 0 Å². The average Bonchev–Trinajstić information content (AvgIpc) is 2.77. The zero-order chi connectivity index (χ0) is 14.7. The standard InChI is InChI=1S/C13H17N5OS/c1-8-6-9(2)16-13(15-8)18-7-11(10(3)17-18)12(19)14-4-5-20/h6-7,20H,4-5H2,1-3H3,(H,14,19). The second-order valence-corrected chi connectivity index (χ2v) is 4.95. The second-order valence-electron chi connectivity index (χ2n) is 4.50. The van der Waals surface area contributed by atoms with E-state index in [1.54, 1.807) is 13.1 Å². The van der Waals surface area contributed by atoms with Gasteiger partial charge in [-0.2, -0.15) is 17.7 Å². The van der Waals surface area contributed by atoms with Crippen LogP contribution in [0.5, 0.6) is 0 Å². The zero-order valence-corrected chi connectivity index (χ0v) is 12.6. The van der Waals surface area contributed by atoms with E-state index >= 15 is 0 Å². The molecule has 0 saturated heterocycles. The molecule has 0 aromatic carbocycles. The van der Waals surface area contributed by atoms with Gasteiger partial charge >= 0.3 is 0 Å². The summed E-state index contributed by atoms with van der Waals surface area (Å²) >= 11 is 4.06. The first kappa shape index (κ1) is 14.5. The van der Waals surface area contributed by atoms with Gasteiger partial charge in [-0.3, -0.25) is 4.79 Å². The summed E-state index contributed by atoms with van der Waals surface area (Å²) in [7, 11) is 0. The molecule has 1 amide bonds. The van der Waals surface area contributed by atoms with Crippen molar-refractivity contribution in [2.75, 3.05) is 12.3 Å². The summed E-state index contributed by atoms with van der Waals surface area (Å²) in [5, 5.41) is 7.07. The van der Waals surface area contributed by atoms with Crippen molar-refractivity contribution in [3.05, 3.63) is 34.9 Å². The molecule has 0 fully saturated rings. The minimum atomic E-state index is -0.160. The highest BCUT2D eigenvalue weighted by Crippen LogP contribution is 2.10. The van der Waals surface area contributed by atoms with Gasteiger partial charge in [-0.05, 0) is 26.8 Å². The largest absolute Gasteiger partial charge is 0.351 e. The lowest BCUT2D eigenvalue weighted by Gasteiger charge is -2.02. The van der Waals surface area contributed by atoms with Gasteiger partial charge in [0.25, 0.3) is 11.9 Å². The number of carbonyl (C=O) groups excluding carboxylic acids is 1. The Balaban J connectivity index is 2.33. The molecule has 0 saturated carbocycles. The lowest BCUT2D eigenvalue weighted by molar-refractivity contribution is 0.0955. The maximum Gasteiger partial charge on any atom is 0.254 e. The summed E-state index contributed by atoms with van der Waals surface area (Å²) in [6, 6.07) is 1.89. The Bertz CT molecular complexity index is 617. The molecule has 2 heterocycles. The Kier molecular flexibility index (Phi) is 4.39. The fraction of sp³-hybridized carbons (Fsp3) is 0.385. The molecule has 7 heteroatoms. The van der Waals surface area contributed by atoms with Crippen LogP contribution < -0.4 is 5.32 Å². The van der Waals surface area contributed by atoms with Crippen LogP contribution in [0.4, 0.5) is 0 Å². The molecule has 6 nitrogen and oxygen atoms in total. The van der Waals surface area contributed by atoms with Crippen LogP contribution in [0.25, 0.3) is 5.95 Å². The van der Waals surface area contributed by atoms with Crippen LogP contribution in [-0.2, 0) is 0 Å².